The third-order valence-electron chi connectivity index (χ3n) is 3.48. The van der Waals surface area contributed by atoms with E-state index in [-0.39, 0.29) is 6.29 Å². The molecular weight excluding hydrogens is 328 g/mol. The summed E-state index contributed by atoms with van der Waals surface area (Å²) in [6.07, 6.45) is 18.8. The van der Waals surface area contributed by atoms with E-state index in [1.165, 1.54) is 36.6 Å². The number of allylic oxidation sites excluding steroid dienone is 4. The molecule has 0 N–H and O–H groups in total. The predicted molar refractivity (Wildman–Crippen MR) is 95.8 cm³/mol. The molecule has 3 heteroatoms. The van der Waals surface area contributed by atoms with Gasteiger partial charge in [0.15, 0.2) is 6.29 Å². The normalized spacial score (nSPS) is 12.7. The molecule has 0 rings (SSSR count). The molecule has 0 bridgehead atoms. The molecule has 124 valence electrons. The summed E-state index contributed by atoms with van der Waals surface area (Å²) < 4.78 is 11.6. The van der Waals surface area contributed by atoms with Gasteiger partial charge in [-0.1, -0.05) is 60.3 Å². The van der Waals surface area contributed by atoms with Crippen molar-refractivity contribution in [3.05, 3.63) is 22.7 Å². The van der Waals surface area contributed by atoms with E-state index in [4.69, 9.17) is 9.47 Å². The van der Waals surface area contributed by atoms with Gasteiger partial charge >= 0.3 is 0 Å². The van der Waals surface area contributed by atoms with Gasteiger partial charge in [0.25, 0.3) is 0 Å². The molecule has 0 aromatic carbocycles. The molecule has 0 radical (unpaired) electrons. The highest BCUT2D eigenvalue weighted by atomic mass is 79.9. The Hall–Kier alpha value is -0.120. The van der Waals surface area contributed by atoms with Crippen molar-refractivity contribution >= 4 is 15.9 Å². The van der Waals surface area contributed by atoms with Gasteiger partial charge in [0.1, 0.15) is 0 Å². The Balaban J connectivity index is 3.53. The van der Waals surface area contributed by atoms with E-state index in [0.717, 1.165) is 32.1 Å². The summed E-state index contributed by atoms with van der Waals surface area (Å²) in [6, 6.07) is 0. The van der Waals surface area contributed by atoms with Crippen LogP contribution in [-0.4, -0.2) is 20.5 Å². The molecule has 21 heavy (non-hydrogen) atoms. The Morgan fingerprint density at radius 1 is 0.952 bits per heavy atom. The average molecular weight is 361 g/mol. The van der Waals surface area contributed by atoms with Crippen molar-refractivity contribution in [2.75, 3.05) is 14.2 Å². The molecule has 0 spiro atoms. The summed E-state index contributed by atoms with van der Waals surface area (Å²) in [5.74, 6) is 0. The van der Waals surface area contributed by atoms with E-state index in [1.807, 2.05) is 0 Å². The molecule has 0 amide bonds. The summed E-state index contributed by atoms with van der Waals surface area (Å²) in [5.41, 5.74) is 0. The fourth-order valence-corrected chi connectivity index (χ4v) is 2.58. The van der Waals surface area contributed by atoms with Crippen LogP contribution >= 0.6 is 15.9 Å². The summed E-state index contributed by atoms with van der Waals surface area (Å²) >= 11 is 3.65. The van der Waals surface area contributed by atoms with Gasteiger partial charge in [0, 0.05) is 14.2 Å². The minimum atomic E-state index is -0.0622. The molecule has 0 saturated heterocycles. The number of hydrogen-bond acceptors (Lipinski definition) is 2. The lowest BCUT2D eigenvalue weighted by molar-refractivity contribution is -0.106. The van der Waals surface area contributed by atoms with Gasteiger partial charge in [-0.3, -0.25) is 0 Å². The van der Waals surface area contributed by atoms with Crippen molar-refractivity contribution in [3.8, 4) is 0 Å². The number of ether oxygens (including phenoxy) is 2. The van der Waals surface area contributed by atoms with E-state index in [0.29, 0.717) is 0 Å². The van der Waals surface area contributed by atoms with Crippen molar-refractivity contribution in [2.45, 2.75) is 77.4 Å². The van der Waals surface area contributed by atoms with Gasteiger partial charge < -0.3 is 9.47 Å². The smallest absolute Gasteiger partial charge is 0.156 e. The van der Waals surface area contributed by atoms with Crippen LogP contribution in [0.1, 0.15) is 71.1 Å². The largest absolute Gasteiger partial charge is 0.356 e. The molecule has 0 unspecified atom stereocenters. The monoisotopic (exact) mass is 360 g/mol. The van der Waals surface area contributed by atoms with Crippen molar-refractivity contribution in [3.63, 3.8) is 0 Å². The van der Waals surface area contributed by atoms with Crippen LogP contribution in [0.4, 0.5) is 0 Å². The second-order valence-electron chi connectivity index (χ2n) is 5.34. The van der Waals surface area contributed by atoms with Crippen molar-refractivity contribution < 1.29 is 9.47 Å². The van der Waals surface area contributed by atoms with Crippen LogP contribution in [-0.2, 0) is 9.47 Å². The Morgan fingerprint density at radius 3 is 2.33 bits per heavy atom. The third kappa shape index (κ3) is 14.6. The fraction of sp³-hybridized carbons (Fsp3) is 0.778. The molecule has 0 heterocycles. The summed E-state index contributed by atoms with van der Waals surface area (Å²) in [6.45, 7) is 2.25. The predicted octanol–water partition coefficient (Wildman–Crippen LogP) is 6.36. The first-order valence-electron chi connectivity index (χ1n) is 8.29. The lowest BCUT2D eigenvalue weighted by atomic mass is 10.1. The van der Waals surface area contributed by atoms with Crippen LogP contribution in [0.5, 0.6) is 0 Å². The SMILES string of the molecule is CCCCCC/C=C\CC/C(Br)=C\CCCC(OC)OC. The highest BCUT2D eigenvalue weighted by molar-refractivity contribution is 9.11. The van der Waals surface area contributed by atoms with Crippen molar-refractivity contribution in [1.29, 1.82) is 0 Å². The Bertz CT molecular complexity index is 270. The van der Waals surface area contributed by atoms with Gasteiger partial charge in [0.2, 0.25) is 0 Å². The summed E-state index contributed by atoms with van der Waals surface area (Å²) in [5, 5.41) is 0. The second-order valence-corrected chi connectivity index (χ2v) is 6.36. The average Bonchev–Trinajstić information content (AvgIpc) is 2.50. The van der Waals surface area contributed by atoms with E-state index < -0.39 is 0 Å². The molecule has 0 aliphatic rings. The first kappa shape index (κ1) is 20.9. The number of rotatable bonds is 14. The Labute approximate surface area is 140 Å². The maximum absolute atomic E-state index is 5.17. The van der Waals surface area contributed by atoms with Crippen LogP contribution in [0.2, 0.25) is 0 Å². The van der Waals surface area contributed by atoms with Gasteiger partial charge in [-0.05, 0) is 49.4 Å². The molecule has 0 aliphatic carbocycles. The molecule has 0 atom stereocenters. The number of halogens is 1. The second kappa shape index (κ2) is 16.3. The quantitative estimate of drug-likeness (QED) is 0.204. The maximum Gasteiger partial charge on any atom is 0.156 e. The molecule has 0 aliphatic heterocycles. The fourth-order valence-electron chi connectivity index (χ4n) is 2.12. The van der Waals surface area contributed by atoms with E-state index >= 15 is 0 Å². The molecule has 0 aromatic rings. The van der Waals surface area contributed by atoms with Crippen molar-refractivity contribution in [2.24, 2.45) is 0 Å². The van der Waals surface area contributed by atoms with Crippen LogP contribution in [0.3, 0.4) is 0 Å². The van der Waals surface area contributed by atoms with Crippen LogP contribution in [0.25, 0.3) is 0 Å². The zero-order valence-electron chi connectivity index (χ0n) is 14.1. The Morgan fingerprint density at radius 2 is 1.67 bits per heavy atom. The lowest BCUT2D eigenvalue weighted by Crippen LogP contribution is -2.12. The molecule has 0 aromatic heterocycles. The standard InChI is InChI=1S/C18H33BrO2/c1-4-5-6-7-8-9-10-11-14-17(19)15-12-13-16-18(20-2)21-3/h9-10,15,18H,4-8,11-14,16H2,1-3H3/b10-9-,17-15+. The van der Waals surface area contributed by atoms with Crippen LogP contribution in [0.15, 0.2) is 22.7 Å². The minimum Gasteiger partial charge on any atom is -0.356 e. The Kier molecular flexibility index (Phi) is 16.2. The third-order valence-corrected chi connectivity index (χ3v) is 4.20. The van der Waals surface area contributed by atoms with Crippen LogP contribution in [0, 0.1) is 0 Å². The summed E-state index contributed by atoms with van der Waals surface area (Å²) in [4.78, 5) is 0. The van der Waals surface area contributed by atoms with E-state index in [9.17, 15) is 0 Å². The highest BCUT2D eigenvalue weighted by Crippen LogP contribution is 2.16. The maximum atomic E-state index is 5.17. The first-order valence-corrected chi connectivity index (χ1v) is 9.09. The minimum absolute atomic E-state index is 0.0622. The molecular formula is C18H33BrO2. The highest BCUT2D eigenvalue weighted by Gasteiger charge is 2.02. The van der Waals surface area contributed by atoms with Crippen molar-refractivity contribution in [1.82, 2.24) is 0 Å². The lowest BCUT2D eigenvalue weighted by Gasteiger charge is -2.11. The molecule has 0 fully saturated rings. The zero-order chi connectivity index (χ0) is 15.8. The van der Waals surface area contributed by atoms with E-state index in [2.05, 4.69) is 41.1 Å². The number of methoxy groups -OCH3 is 2. The number of hydrogen-bond donors (Lipinski definition) is 0. The van der Waals surface area contributed by atoms with E-state index in [1.54, 1.807) is 14.2 Å². The van der Waals surface area contributed by atoms with Gasteiger partial charge in [-0.25, -0.2) is 0 Å². The summed E-state index contributed by atoms with van der Waals surface area (Å²) in [7, 11) is 3.38. The topological polar surface area (TPSA) is 18.5 Å². The van der Waals surface area contributed by atoms with Gasteiger partial charge in [-0.2, -0.15) is 0 Å². The van der Waals surface area contributed by atoms with Crippen LogP contribution < -0.4 is 0 Å². The van der Waals surface area contributed by atoms with Gasteiger partial charge in [-0.15, -0.1) is 0 Å². The molecule has 2 nitrogen and oxygen atoms in total. The number of unbranched alkanes of at least 4 members (excludes halogenated alkanes) is 5. The molecule has 0 saturated carbocycles. The first-order chi connectivity index (χ1) is 10.2. The zero-order valence-corrected chi connectivity index (χ0v) is 15.7. The van der Waals surface area contributed by atoms with Gasteiger partial charge in [0.05, 0.1) is 0 Å².